The lowest BCUT2D eigenvalue weighted by molar-refractivity contribution is 0.434. The summed E-state index contributed by atoms with van der Waals surface area (Å²) in [4.78, 5) is 4.31. The number of halogens is 1. The molecule has 1 N–H and O–H groups in total. The third-order valence-corrected chi connectivity index (χ3v) is 3.55. The van der Waals surface area contributed by atoms with Crippen molar-refractivity contribution in [2.45, 2.75) is 39.3 Å². The Kier molecular flexibility index (Phi) is 3.88. The molecule has 1 aromatic carbocycles. The molecule has 2 aromatic rings. The number of aromatic nitrogens is 1. The zero-order chi connectivity index (χ0) is 14.8. The van der Waals surface area contributed by atoms with Crippen molar-refractivity contribution < 1.29 is 9.13 Å². The van der Waals surface area contributed by atoms with Crippen molar-refractivity contribution in [3.8, 4) is 11.5 Å². The lowest BCUT2D eigenvalue weighted by Crippen LogP contribution is -2.16. The van der Waals surface area contributed by atoms with E-state index in [1.54, 1.807) is 18.3 Å². The number of nitrogens with one attached hydrogen (secondary N) is 1. The van der Waals surface area contributed by atoms with E-state index in [0.717, 1.165) is 16.8 Å². The Balaban J connectivity index is 1.85. The van der Waals surface area contributed by atoms with Crippen molar-refractivity contribution in [2.75, 3.05) is 0 Å². The van der Waals surface area contributed by atoms with Crippen molar-refractivity contribution in [3.63, 3.8) is 0 Å². The summed E-state index contributed by atoms with van der Waals surface area (Å²) in [6.07, 6.45) is 4.25. The molecule has 4 heteroatoms. The average Bonchev–Trinajstić information content (AvgIpc) is 3.26. The van der Waals surface area contributed by atoms with Gasteiger partial charge in [0.1, 0.15) is 5.75 Å². The quantitative estimate of drug-likeness (QED) is 0.905. The van der Waals surface area contributed by atoms with Crippen molar-refractivity contribution in [1.29, 1.82) is 0 Å². The zero-order valence-corrected chi connectivity index (χ0v) is 12.3. The summed E-state index contributed by atoms with van der Waals surface area (Å²) in [6.45, 7) is 4.51. The van der Waals surface area contributed by atoms with E-state index in [-0.39, 0.29) is 11.6 Å². The van der Waals surface area contributed by atoms with Crippen LogP contribution in [0.15, 0.2) is 30.5 Å². The molecule has 110 valence electrons. The first-order chi connectivity index (χ1) is 10.1. The Morgan fingerprint density at radius 1 is 1.24 bits per heavy atom. The smallest absolute Gasteiger partial charge is 0.165 e. The Labute approximate surface area is 124 Å². The average molecular weight is 286 g/mol. The van der Waals surface area contributed by atoms with Crippen LogP contribution in [0, 0.1) is 19.7 Å². The highest BCUT2D eigenvalue weighted by atomic mass is 19.1. The van der Waals surface area contributed by atoms with Crippen LogP contribution in [0.25, 0.3) is 0 Å². The van der Waals surface area contributed by atoms with Crippen molar-refractivity contribution in [3.05, 3.63) is 53.1 Å². The minimum absolute atomic E-state index is 0.258. The first kappa shape index (κ1) is 14.0. The summed E-state index contributed by atoms with van der Waals surface area (Å²) in [7, 11) is 0. The predicted molar refractivity (Wildman–Crippen MR) is 80.0 cm³/mol. The Morgan fingerprint density at radius 2 is 2.05 bits per heavy atom. The molecule has 0 amide bonds. The fourth-order valence-corrected chi connectivity index (χ4v) is 2.14. The SMILES string of the molecule is Cc1ccc(F)c(Oc2cc(C)ncc2CNC2CC2)c1. The van der Waals surface area contributed by atoms with Gasteiger partial charge >= 0.3 is 0 Å². The summed E-state index contributed by atoms with van der Waals surface area (Å²) in [5, 5.41) is 3.43. The second-order valence-corrected chi connectivity index (χ2v) is 5.62. The minimum atomic E-state index is -0.351. The molecule has 1 heterocycles. The highest BCUT2D eigenvalue weighted by molar-refractivity contribution is 5.39. The van der Waals surface area contributed by atoms with Gasteiger partial charge in [0, 0.05) is 36.1 Å². The van der Waals surface area contributed by atoms with Crippen LogP contribution in [0.2, 0.25) is 0 Å². The van der Waals surface area contributed by atoms with Gasteiger partial charge in [-0.15, -0.1) is 0 Å². The van der Waals surface area contributed by atoms with Crippen LogP contribution in [-0.2, 0) is 6.54 Å². The van der Waals surface area contributed by atoms with Crippen LogP contribution in [0.5, 0.6) is 11.5 Å². The number of pyridine rings is 1. The number of hydrogen-bond acceptors (Lipinski definition) is 3. The summed E-state index contributed by atoms with van der Waals surface area (Å²) in [6, 6.07) is 7.33. The molecule has 3 rings (SSSR count). The zero-order valence-electron chi connectivity index (χ0n) is 12.3. The molecule has 0 unspecified atom stereocenters. The Hall–Kier alpha value is -1.94. The van der Waals surface area contributed by atoms with Crippen LogP contribution in [0.3, 0.4) is 0 Å². The largest absolute Gasteiger partial charge is 0.454 e. The van der Waals surface area contributed by atoms with Crippen LogP contribution < -0.4 is 10.1 Å². The maximum atomic E-state index is 13.9. The number of rotatable bonds is 5. The van der Waals surface area contributed by atoms with Gasteiger partial charge in [0.05, 0.1) is 0 Å². The predicted octanol–water partition coefficient (Wildman–Crippen LogP) is 3.88. The van der Waals surface area contributed by atoms with E-state index in [1.807, 2.05) is 19.9 Å². The third-order valence-electron chi connectivity index (χ3n) is 3.55. The monoisotopic (exact) mass is 286 g/mol. The number of benzene rings is 1. The molecule has 1 aliphatic carbocycles. The molecule has 0 spiro atoms. The number of nitrogens with zero attached hydrogens (tertiary/aromatic N) is 1. The van der Waals surface area contributed by atoms with Crippen molar-refractivity contribution in [1.82, 2.24) is 10.3 Å². The van der Waals surface area contributed by atoms with Gasteiger partial charge in [-0.3, -0.25) is 4.98 Å². The summed E-state index contributed by atoms with van der Waals surface area (Å²) < 4.78 is 19.7. The van der Waals surface area contributed by atoms with E-state index in [0.29, 0.717) is 18.3 Å². The van der Waals surface area contributed by atoms with Gasteiger partial charge < -0.3 is 10.1 Å². The molecule has 0 saturated heterocycles. The van der Waals surface area contributed by atoms with E-state index < -0.39 is 0 Å². The number of hydrogen-bond donors (Lipinski definition) is 1. The van der Waals surface area contributed by atoms with Gasteiger partial charge in [0.15, 0.2) is 11.6 Å². The van der Waals surface area contributed by atoms with Gasteiger partial charge in [0.2, 0.25) is 0 Å². The van der Waals surface area contributed by atoms with Crippen LogP contribution >= 0.6 is 0 Å². The van der Waals surface area contributed by atoms with Crippen LogP contribution in [-0.4, -0.2) is 11.0 Å². The van der Waals surface area contributed by atoms with E-state index in [1.165, 1.54) is 18.9 Å². The lowest BCUT2D eigenvalue weighted by atomic mass is 10.2. The van der Waals surface area contributed by atoms with Gasteiger partial charge in [-0.2, -0.15) is 0 Å². The van der Waals surface area contributed by atoms with Crippen LogP contribution in [0.4, 0.5) is 4.39 Å². The second kappa shape index (κ2) is 5.82. The minimum Gasteiger partial charge on any atom is -0.454 e. The first-order valence-corrected chi connectivity index (χ1v) is 7.25. The fourth-order valence-electron chi connectivity index (χ4n) is 2.14. The molecular weight excluding hydrogens is 267 g/mol. The van der Waals surface area contributed by atoms with Crippen LogP contribution in [0.1, 0.15) is 29.7 Å². The topological polar surface area (TPSA) is 34.1 Å². The van der Waals surface area contributed by atoms with Crippen molar-refractivity contribution in [2.24, 2.45) is 0 Å². The highest BCUT2D eigenvalue weighted by Gasteiger charge is 2.21. The van der Waals surface area contributed by atoms with Gasteiger partial charge in [-0.1, -0.05) is 6.07 Å². The molecule has 1 saturated carbocycles. The Bertz CT molecular complexity index is 653. The molecule has 1 aliphatic rings. The first-order valence-electron chi connectivity index (χ1n) is 7.25. The fraction of sp³-hybridized carbons (Fsp3) is 0.353. The molecular formula is C17H19FN2O. The normalized spacial score (nSPS) is 14.2. The molecule has 0 radical (unpaired) electrons. The Morgan fingerprint density at radius 3 is 2.81 bits per heavy atom. The van der Waals surface area contributed by atoms with E-state index in [9.17, 15) is 4.39 Å². The third kappa shape index (κ3) is 3.58. The number of ether oxygens (including phenoxy) is 1. The summed E-state index contributed by atoms with van der Waals surface area (Å²) >= 11 is 0. The molecule has 21 heavy (non-hydrogen) atoms. The standard InChI is InChI=1S/C17H19FN2O/c1-11-3-6-15(18)17(7-11)21-16-8-12(2)19-9-13(16)10-20-14-4-5-14/h3,6-9,14,20H,4-5,10H2,1-2H3. The molecule has 1 fully saturated rings. The molecule has 3 nitrogen and oxygen atoms in total. The lowest BCUT2D eigenvalue weighted by Gasteiger charge is -2.13. The molecule has 1 aromatic heterocycles. The maximum absolute atomic E-state index is 13.9. The van der Waals surface area contributed by atoms with Gasteiger partial charge in [0.25, 0.3) is 0 Å². The van der Waals surface area contributed by atoms with E-state index in [2.05, 4.69) is 10.3 Å². The van der Waals surface area contributed by atoms with Gasteiger partial charge in [-0.25, -0.2) is 4.39 Å². The number of aryl methyl sites for hydroxylation is 2. The van der Waals surface area contributed by atoms with Crippen molar-refractivity contribution >= 4 is 0 Å². The maximum Gasteiger partial charge on any atom is 0.165 e. The highest BCUT2D eigenvalue weighted by Crippen LogP contribution is 2.29. The van der Waals surface area contributed by atoms with E-state index in [4.69, 9.17) is 4.74 Å². The van der Waals surface area contributed by atoms with E-state index >= 15 is 0 Å². The molecule has 0 bridgehead atoms. The second-order valence-electron chi connectivity index (χ2n) is 5.62. The summed E-state index contributed by atoms with van der Waals surface area (Å²) in [5.74, 6) is 0.574. The summed E-state index contributed by atoms with van der Waals surface area (Å²) in [5.41, 5.74) is 2.77. The molecule has 0 atom stereocenters. The van der Waals surface area contributed by atoms with Gasteiger partial charge in [-0.05, 0) is 44.4 Å². The molecule has 0 aliphatic heterocycles.